The van der Waals surface area contributed by atoms with Crippen molar-refractivity contribution in [2.45, 2.75) is 26.2 Å². The number of hydrogen-bond acceptors (Lipinski definition) is 4. The molecule has 1 fully saturated rings. The lowest BCUT2D eigenvalue weighted by molar-refractivity contribution is 0.391. The van der Waals surface area contributed by atoms with Gasteiger partial charge in [-0.3, -0.25) is 0 Å². The lowest BCUT2D eigenvalue weighted by atomic mass is 9.94. The highest BCUT2D eigenvalue weighted by atomic mass is 19.1. The zero-order valence-electron chi connectivity index (χ0n) is 9.49. The molecule has 0 amide bonds. The van der Waals surface area contributed by atoms with Crippen molar-refractivity contribution in [3.63, 3.8) is 0 Å². The SMILES string of the molecule is CCC1CCN(c2nc(N)ncc2F)CC1. The summed E-state index contributed by atoms with van der Waals surface area (Å²) >= 11 is 0. The number of nitrogen functional groups attached to an aromatic ring is 1. The second-order valence-corrected chi connectivity index (χ2v) is 4.24. The summed E-state index contributed by atoms with van der Waals surface area (Å²) in [5, 5.41) is 0. The molecule has 1 aromatic heterocycles. The summed E-state index contributed by atoms with van der Waals surface area (Å²) in [5.74, 6) is 0.860. The van der Waals surface area contributed by atoms with Crippen LogP contribution in [0.25, 0.3) is 0 Å². The van der Waals surface area contributed by atoms with Crippen LogP contribution >= 0.6 is 0 Å². The monoisotopic (exact) mass is 224 g/mol. The molecule has 1 aliphatic heterocycles. The molecule has 0 aromatic carbocycles. The number of halogens is 1. The predicted molar refractivity (Wildman–Crippen MR) is 61.6 cm³/mol. The van der Waals surface area contributed by atoms with E-state index in [1.165, 1.54) is 6.42 Å². The highest BCUT2D eigenvalue weighted by molar-refractivity contribution is 5.42. The fourth-order valence-electron chi connectivity index (χ4n) is 2.15. The molecule has 0 atom stereocenters. The smallest absolute Gasteiger partial charge is 0.222 e. The Morgan fingerprint density at radius 3 is 2.81 bits per heavy atom. The molecular weight excluding hydrogens is 207 g/mol. The third-order valence-electron chi connectivity index (χ3n) is 3.24. The maximum absolute atomic E-state index is 13.5. The van der Waals surface area contributed by atoms with Crippen LogP contribution < -0.4 is 10.6 Å². The molecule has 16 heavy (non-hydrogen) atoms. The van der Waals surface area contributed by atoms with Crippen LogP contribution in [0.15, 0.2) is 6.20 Å². The quantitative estimate of drug-likeness (QED) is 0.832. The Hall–Kier alpha value is -1.39. The summed E-state index contributed by atoms with van der Waals surface area (Å²) in [6.45, 7) is 3.90. The highest BCUT2D eigenvalue weighted by Gasteiger charge is 2.21. The van der Waals surface area contributed by atoms with Gasteiger partial charge in [-0.05, 0) is 18.8 Å². The standard InChI is InChI=1S/C11H17FN4/c1-2-8-3-5-16(6-4-8)10-9(12)7-14-11(13)15-10/h7-8H,2-6H2,1H3,(H2,13,14,15). The minimum Gasteiger partial charge on any atom is -0.368 e. The number of piperidine rings is 1. The zero-order valence-corrected chi connectivity index (χ0v) is 9.49. The van der Waals surface area contributed by atoms with Crippen molar-refractivity contribution in [1.29, 1.82) is 0 Å². The average Bonchev–Trinajstić information content (AvgIpc) is 2.32. The Morgan fingerprint density at radius 1 is 1.50 bits per heavy atom. The largest absolute Gasteiger partial charge is 0.368 e. The molecule has 0 saturated carbocycles. The first kappa shape index (κ1) is 11.1. The van der Waals surface area contributed by atoms with Gasteiger partial charge in [-0.2, -0.15) is 4.98 Å². The molecule has 1 aromatic rings. The number of aromatic nitrogens is 2. The third kappa shape index (κ3) is 2.23. The average molecular weight is 224 g/mol. The molecule has 0 spiro atoms. The molecule has 4 nitrogen and oxygen atoms in total. The lowest BCUT2D eigenvalue weighted by Crippen LogP contribution is -2.34. The van der Waals surface area contributed by atoms with E-state index in [2.05, 4.69) is 16.9 Å². The molecule has 0 bridgehead atoms. The zero-order chi connectivity index (χ0) is 11.5. The maximum Gasteiger partial charge on any atom is 0.222 e. The minimum atomic E-state index is -0.385. The van der Waals surface area contributed by atoms with Gasteiger partial charge in [0.25, 0.3) is 0 Å². The Labute approximate surface area is 94.7 Å². The number of hydrogen-bond donors (Lipinski definition) is 1. The van der Waals surface area contributed by atoms with Crippen molar-refractivity contribution in [1.82, 2.24) is 9.97 Å². The summed E-state index contributed by atoms with van der Waals surface area (Å²) in [6, 6.07) is 0. The fraction of sp³-hybridized carbons (Fsp3) is 0.636. The molecule has 1 aliphatic rings. The Balaban J connectivity index is 2.10. The Morgan fingerprint density at radius 2 is 2.19 bits per heavy atom. The van der Waals surface area contributed by atoms with Gasteiger partial charge in [0.05, 0.1) is 6.20 Å². The number of anilines is 2. The third-order valence-corrected chi connectivity index (χ3v) is 3.24. The van der Waals surface area contributed by atoms with E-state index in [1.807, 2.05) is 4.90 Å². The first-order chi connectivity index (χ1) is 7.70. The lowest BCUT2D eigenvalue weighted by Gasteiger charge is -2.32. The number of nitrogens with two attached hydrogens (primary N) is 1. The van der Waals surface area contributed by atoms with Crippen LogP contribution in [-0.2, 0) is 0 Å². The molecule has 88 valence electrons. The van der Waals surface area contributed by atoms with E-state index in [0.29, 0.717) is 5.82 Å². The van der Waals surface area contributed by atoms with E-state index >= 15 is 0 Å². The summed E-state index contributed by atoms with van der Waals surface area (Å²) in [6.07, 6.45) is 4.53. The van der Waals surface area contributed by atoms with Gasteiger partial charge in [0.2, 0.25) is 5.95 Å². The maximum atomic E-state index is 13.5. The fourth-order valence-corrected chi connectivity index (χ4v) is 2.15. The van der Waals surface area contributed by atoms with Gasteiger partial charge in [-0.25, -0.2) is 9.37 Å². The topological polar surface area (TPSA) is 55.0 Å². The first-order valence-corrected chi connectivity index (χ1v) is 5.73. The molecule has 0 radical (unpaired) electrons. The summed E-state index contributed by atoms with van der Waals surface area (Å²) < 4.78 is 13.5. The molecule has 0 unspecified atom stereocenters. The van der Waals surface area contributed by atoms with Crippen molar-refractivity contribution >= 4 is 11.8 Å². The van der Waals surface area contributed by atoms with Gasteiger partial charge >= 0.3 is 0 Å². The summed E-state index contributed by atoms with van der Waals surface area (Å²) in [5.41, 5.74) is 5.47. The second-order valence-electron chi connectivity index (χ2n) is 4.24. The molecule has 0 aliphatic carbocycles. The number of nitrogens with zero attached hydrogens (tertiary/aromatic N) is 3. The van der Waals surface area contributed by atoms with Crippen molar-refractivity contribution in [3.05, 3.63) is 12.0 Å². The van der Waals surface area contributed by atoms with Crippen LogP contribution in [0.3, 0.4) is 0 Å². The molecule has 2 heterocycles. The van der Waals surface area contributed by atoms with E-state index in [1.54, 1.807) is 0 Å². The van der Waals surface area contributed by atoms with Gasteiger partial charge in [0.15, 0.2) is 11.6 Å². The molecule has 2 N–H and O–H groups in total. The highest BCUT2D eigenvalue weighted by Crippen LogP contribution is 2.25. The number of rotatable bonds is 2. The van der Waals surface area contributed by atoms with E-state index < -0.39 is 0 Å². The van der Waals surface area contributed by atoms with Crippen molar-refractivity contribution in [3.8, 4) is 0 Å². The van der Waals surface area contributed by atoms with Gasteiger partial charge in [0.1, 0.15) is 0 Å². The van der Waals surface area contributed by atoms with Gasteiger partial charge in [0, 0.05) is 13.1 Å². The first-order valence-electron chi connectivity index (χ1n) is 5.73. The van der Waals surface area contributed by atoms with Crippen LogP contribution in [0.2, 0.25) is 0 Å². The predicted octanol–water partition coefficient (Wildman–Crippen LogP) is 1.82. The minimum absolute atomic E-state index is 0.133. The molecule has 1 saturated heterocycles. The summed E-state index contributed by atoms with van der Waals surface area (Å²) in [4.78, 5) is 9.55. The molecular formula is C11H17FN4. The van der Waals surface area contributed by atoms with E-state index in [-0.39, 0.29) is 11.8 Å². The Kier molecular flexibility index (Phi) is 3.22. The van der Waals surface area contributed by atoms with Crippen LogP contribution in [0.1, 0.15) is 26.2 Å². The summed E-state index contributed by atoms with van der Waals surface area (Å²) in [7, 11) is 0. The van der Waals surface area contributed by atoms with E-state index in [4.69, 9.17) is 5.73 Å². The van der Waals surface area contributed by atoms with Crippen molar-refractivity contribution in [2.75, 3.05) is 23.7 Å². The van der Waals surface area contributed by atoms with Crippen LogP contribution in [-0.4, -0.2) is 23.1 Å². The van der Waals surface area contributed by atoms with Crippen molar-refractivity contribution < 1.29 is 4.39 Å². The van der Waals surface area contributed by atoms with E-state index in [0.717, 1.165) is 38.0 Å². The van der Waals surface area contributed by atoms with Crippen LogP contribution in [0.5, 0.6) is 0 Å². The van der Waals surface area contributed by atoms with Crippen molar-refractivity contribution in [2.24, 2.45) is 5.92 Å². The van der Waals surface area contributed by atoms with Gasteiger partial charge < -0.3 is 10.6 Å². The Bertz CT molecular complexity index is 361. The van der Waals surface area contributed by atoms with E-state index in [9.17, 15) is 4.39 Å². The molecule has 5 heteroatoms. The van der Waals surface area contributed by atoms with Gasteiger partial charge in [-0.15, -0.1) is 0 Å². The normalized spacial score (nSPS) is 17.8. The van der Waals surface area contributed by atoms with Crippen LogP contribution in [0, 0.1) is 11.7 Å². The molecule has 2 rings (SSSR count). The second kappa shape index (κ2) is 4.63. The van der Waals surface area contributed by atoms with Gasteiger partial charge in [-0.1, -0.05) is 13.3 Å². The van der Waals surface area contributed by atoms with Crippen LogP contribution in [0.4, 0.5) is 16.2 Å².